The second-order valence-electron chi connectivity index (χ2n) is 3.17. The minimum Gasteiger partial charge on any atom is -0.497 e. The molecule has 2 nitrogen and oxygen atoms in total. The maximum Gasteiger partial charge on any atom is 0.119 e. The van der Waals surface area contributed by atoms with Crippen LogP contribution in [0.15, 0.2) is 22.7 Å². The van der Waals surface area contributed by atoms with Gasteiger partial charge in [0.05, 0.1) is 7.11 Å². The Morgan fingerprint density at radius 3 is 2.79 bits per heavy atom. The van der Waals surface area contributed by atoms with E-state index in [1.54, 1.807) is 7.11 Å². The summed E-state index contributed by atoms with van der Waals surface area (Å²) >= 11 is 3.53. The third kappa shape index (κ3) is 2.72. The van der Waals surface area contributed by atoms with Crippen LogP contribution in [-0.4, -0.2) is 13.7 Å². The minimum atomic E-state index is 0.337. The van der Waals surface area contributed by atoms with Gasteiger partial charge in [-0.1, -0.05) is 22.9 Å². The molecule has 0 radical (unpaired) electrons. The Kier molecular flexibility index (Phi) is 4.42. The molecule has 1 aromatic carbocycles. The fraction of sp³-hybridized carbons (Fsp3) is 0.455. The van der Waals surface area contributed by atoms with Gasteiger partial charge in [0.1, 0.15) is 5.75 Å². The Hall–Kier alpha value is -0.540. The van der Waals surface area contributed by atoms with E-state index < -0.39 is 0 Å². The number of methoxy groups -OCH3 is 1. The van der Waals surface area contributed by atoms with E-state index in [2.05, 4.69) is 41.2 Å². The van der Waals surface area contributed by atoms with E-state index in [1.165, 1.54) is 5.56 Å². The van der Waals surface area contributed by atoms with Crippen molar-refractivity contribution in [2.45, 2.75) is 19.9 Å². The Balaban J connectivity index is 2.93. The van der Waals surface area contributed by atoms with Gasteiger partial charge in [0, 0.05) is 10.5 Å². The lowest BCUT2D eigenvalue weighted by Gasteiger charge is -2.15. The summed E-state index contributed by atoms with van der Waals surface area (Å²) in [5.41, 5.74) is 1.23. The molecule has 1 atom stereocenters. The van der Waals surface area contributed by atoms with Gasteiger partial charge >= 0.3 is 0 Å². The molecule has 0 spiro atoms. The van der Waals surface area contributed by atoms with Crippen LogP contribution in [0.4, 0.5) is 0 Å². The number of halogens is 1. The Labute approximate surface area is 93.8 Å². The topological polar surface area (TPSA) is 21.3 Å². The lowest BCUT2D eigenvalue weighted by molar-refractivity contribution is 0.413. The van der Waals surface area contributed by atoms with Crippen LogP contribution in [-0.2, 0) is 0 Å². The van der Waals surface area contributed by atoms with Crippen molar-refractivity contribution in [3.63, 3.8) is 0 Å². The molecule has 0 fully saturated rings. The molecule has 1 unspecified atom stereocenters. The van der Waals surface area contributed by atoms with E-state index in [9.17, 15) is 0 Å². The molecule has 3 heteroatoms. The average Bonchev–Trinajstić information content (AvgIpc) is 2.19. The van der Waals surface area contributed by atoms with Crippen LogP contribution in [0, 0.1) is 0 Å². The number of hydrogen-bond acceptors (Lipinski definition) is 2. The van der Waals surface area contributed by atoms with E-state index in [1.807, 2.05) is 12.1 Å². The highest BCUT2D eigenvalue weighted by molar-refractivity contribution is 9.10. The predicted octanol–water partition coefficient (Wildman–Crippen LogP) is 3.13. The summed E-state index contributed by atoms with van der Waals surface area (Å²) in [6.07, 6.45) is 0. The van der Waals surface area contributed by atoms with Crippen molar-refractivity contribution in [2.24, 2.45) is 0 Å². The third-order valence-electron chi connectivity index (χ3n) is 2.18. The van der Waals surface area contributed by atoms with Gasteiger partial charge in [-0.05, 0) is 37.2 Å². The molecule has 0 heterocycles. The molecular weight excluding hydrogens is 242 g/mol. The number of benzene rings is 1. The van der Waals surface area contributed by atoms with Gasteiger partial charge in [-0.15, -0.1) is 0 Å². The molecule has 0 aliphatic carbocycles. The first kappa shape index (κ1) is 11.5. The number of nitrogens with one attached hydrogen (secondary N) is 1. The van der Waals surface area contributed by atoms with Gasteiger partial charge in [0.15, 0.2) is 0 Å². The highest BCUT2D eigenvalue weighted by Crippen LogP contribution is 2.27. The molecule has 0 aliphatic rings. The van der Waals surface area contributed by atoms with Crippen molar-refractivity contribution in [3.05, 3.63) is 28.2 Å². The van der Waals surface area contributed by atoms with Crippen molar-refractivity contribution in [2.75, 3.05) is 13.7 Å². The molecule has 0 saturated heterocycles. The second-order valence-corrected chi connectivity index (χ2v) is 4.02. The van der Waals surface area contributed by atoms with E-state index in [-0.39, 0.29) is 0 Å². The molecule has 0 amide bonds. The normalized spacial score (nSPS) is 12.6. The third-order valence-corrected chi connectivity index (χ3v) is 2.90. The lowest BCUT2D eigenvalue weighted by Crippen LogP contribution is -2.18. The lowest BCUT2D eigenvalue weighted by atomic mass is 10.1. The van der Waals surface area contributed by atoms with Crippen molar-refractivity contribution < 1.29 is 4.74 Å². The van der Waals surface area contributed by atoms with Crippen LogP contribution in [0.25, 0.3) is 0 Å². The smallest absolute Gasteiger partial charge is 0.119 e. The van der Waals surface area contributed by atoms with Crippen molar-refractivity contribution in [3.8, 4) is 5.75 Å². The van der Waals surface area contributed by atoms with Crippen LogP contribution in [0.2, 0.25) is 0 Å². The summed E-state index contributed by atoms with van der Waals surface area (Å²) in [5, 5.41) is 3.37. The fourth-order valence-corrected chi connectivity index (χ4v) is 1.99. The number of hydrogen-bond donors (Lipinski definition) is 1. The second kappa shape index (κ2) is 5.37. The SMILES string of the molecule is CCNC(C)c1cc(OC)ccc1Br. The Morgan fingerprint density at radius 1 is 1.50 bits per heavy atom. The highest BCUT2D eigenvalue weighted by atomic mass is 79.9. The first-order chi connectivity index (χ1) is 6.69. The Morgan fingerprint density at radius 2 is 2.21 bits per heavy atom. The van der Waals surface area contributed by atoms with Crippen molar-refractivity contribution in [1.29, 1.82) is 0 Å². The van der Waals surface area contributed by atoms with Gasteiger partial charge in [-0.2, -0.15) is 0 Å². The zero-order chi connectivity index (χ0) is 10.6. The Bertz CT molecular complexity index is 301. The fourth-order valence-electron chi connectivity index (χ4n) is 1.40. The van der Waals surface area contributed by atoms with Crippen LogP contribution in [0.3, 0.4) is 0 Å². The van der Waals surface area contributed by atoms with Crippen molar-refractivity contribution in [1.82, 2.24) is 5.32 Å². The molecule has 1 rings (SSSR count). The highest BCUT2D eigenvalue weighted by Gasteiger charge is 2.08. The summed E-state index contributed by atoms with van der Waals surface area (Å²) in [4.78, 5) is 0. The molecule has 1 aromatic rings. The van der Waals surface area contributed by atoms with Gasteiger partial charge in [-0.25, -0.2) is 0 Å². The largest absolute Gasteiger partial charge is 0.497 e. The summed E-state index contributed by atoms with van der Waals surface area (Å²) in [7, 11) is 1.69. The summed E-state index contributed by atoms with van der Waals surface area (Å²) < 4.78 is 6.31. The molecule has 78 valence electrons. The standard InChI is InChI=1S/C11H16BrNO/c1-4-13-8(2)10-7-9(14-3)5-6-11(10)12/h5-8,13H,4H2,1-3H3. The molecule has 0 aliphatic heterocycles. The summed E-state index contributed by atoms with van der Waals surface area (Å²) in [6, 6.07) is 6.36. The first-order valence-electron chi connectivity index (χ1n) is 4.75. The van der Waals surface area contributed by atoms with Crippen LogP contribution < -0.4 is 10.1 Å². The predicted molar refractivity (Wildman–Crippen MR) is 62.8 cm³/mol. The summed E-state index contributed by atoms with van der Waals surface area (Å²) in [5.74, 6) is 0.896. The van der Waals surface area contributed by atoms with Gasteiger partial charge in [0.25, 0.3) is 0 Å². The quantitative estimate of drug-likeness (QED) is 0.895. The van der Waals surface area contributed by atoms with E-state index >= 15 is 0 Å². The van der Waals surface area contributed by atoms with Crippen molar-refractivity contribution >= 4 is 15.9 Å². The zero-order valence-corrected chi connectivity index (χ0v) is 10.4. The van der Waals surface area contributed by atoms with E-state index in [4.69, 9.17) is 4.74 Å². The first-order valence-corrected chi connectivity index (χ1v) is 5.55. The van der Waals surface area contributed by atoms with Gasteiger partial charge < -0.3 is 10.1 Å². The average molecular weight is 258 g/mol. The maximum absolute atomic E-state index is 5.19. The van der Waals surface area contributed by atoms with Crippen LogP contribution in [0.1, 0.15) is 25.5 Å². The monoisotopic (exact) mass is 257 g/mol. The maximum atomic E-state index is 5.19. The van der Waals surface area contributed by atoms with E-state index in [0.29, 0.717) is 6.04 Å². The number of rotatable bonds is 4. The van der Waals surface area contributed by atoms with Crippen LogP contribution in [0.5, 0.6) is 5.75 Å². The molecule has 0 aromatic heterocycles. The van der Waals surface area contributed by atoms with Gasteiger partial charge in [0.2, 0.25) is 0 Å². The summed E-state index contributed by atoms with van der Waals surface area (Å²) in [6.45, 7) is 5.21. The van der Waals surface area contributed by atoms with Crippen LogP contribution >= 0.6 is 15.9 Å². The molecule has 1 N–H and O–H groups in total. The van der Waals surface area contributed by atoms with Gasteiger partial charge in [-0.3, -0.25) is 0 Å². The molecule has 0 saturated carbocycles. The molecule has 14 heavy (non-hydrogen) atoms. The zero-order valence-electron chi connectivity index (χ0n) is 8.80. The van der Waals surface area contributed by atoms with E-state index in [0.717, 1.165) is 16.8 Å². The molecular formula is C11H16BrNO. The molecule has 0 bridgehead atoms. The number of ether oxygens (including phenoxy) is 1. The minimum absolute atomic E-state index is 0.337.